The molecule has 26 heavy (non-hydrogen) atoms. The smallest absolute Gasteiger partial charge is 0.234 e. The van der Waals surface area contributed by atoms with Gasteiger partial charge in [-0.25, -0.2) is 8.42 Å². The number of halogens is 1. The van der Waals surface area contributed by atoms with Crippen LogP contribution < -0.4 is 15.0 Å². The molecule has 2 fully saturated rings. The molecule has 1 N–H and O–H groups in total. The largest absolute Gasteiger partial charge is 0.497 e. The van der Waals surface area contributed by atoms with Crippen LogP contribution in [0.4, 0.5) is 5.69 Å². The van der Waals surface area contributed by atoms with Gasteiger partial charge in [-0.15, -0.1) is 11.6 Å². The fourth-order valence-electron chi connectivity index (χ4n) is 3.36. The summed E-state index contributed by atoms with van der Waals surface area (Å²) in [6, 6.07) is 7.44. The maximum atomic E-state index is 12.2. The monoisotopic (exact) mass is 401 g/mol. The molecule has 144 valence electrons. The standard InChI is InChI=1S/C17H24ClN3O4S/c1-25-14-4-2-3-13(9-14)21-7-5-20(6-8-21)10-17(22)19-16-12-26(23,24)11-15(16)18/h2-4,9,15-16H,5-8,10-12H2,1H3,(H,19,22)/t15-,16-/m1/s1. The van der Waals surface area contributed by atoms with Gasteiger partial charge < -0.3 is 15.0 Å². The summed E-state index contributed by atoms with van der Waals surface area (Å²) in [7, 11) is -1.49. The van der Waals surface area contributed by atoms with Crippen molar-refractivity contribution < 1.29 is 17.9 Å². The number of hydrogen-bond acceptors (Lipinski definition) is 6. The molecule has 0 bridgehead atoms. The Bertz CT molecular complexity index is 750. The minimum absolute atomic E-state index is 0.0707. The van der Waals surface area contributed by atoms with E-state index in [1.165, 1.54) is 0 Å². The van der Waals surface area contributed by atoms with Gasteiger partial charge in [0.2, 0.25) is 5.91 Å². The van der Waals surface area contributed by atoms with Gasteiger partial charge in [0.05, 0.1) is 36.6 Å². The predicted molar refractivity (Wildman–Crippen MR) is 102 cm³/mol. The van der Waals surface area contributed by atoms with Crippen molar-refractivity contribution in [2.24, 2.45) is 0 Å². The quantitative estimate of drug-likeness (QED) is 0.717. The molecule has 0 unspecified atom stereocenters. The van der Waals surface area contributed by atoms with Crippen molar-refractivity contribution in [2.45, 2.75) is 11.4 Å². The first kappa shape index (κ1) is 19.3. The lowest BCUT2D eigenvalue weighted by atomic mass is 10.2. The van der Waals surface area contributed by atoms with E-state index >= 15 is 0 Å². The third-order valence-electron chi connectivity index (χ3n) is 4.79. The summed E-state index contributed by atoms with van der Waals surface area (Å²) >= 11 is 6.04. The van der Waals surface area contributed by atoms with Crippen LogP contribution in [0.2, 0.25) is 0 Å². The lowest BCUT2D eigenvalue weighted by molar-refractivity contribution is -0.122. The average molecular weight is 402 g/mol. The normalized spacial score (nSPS) is 25.8. The number of rotatable bonds is 5. The van der Waals surface area contributed by atoms with Crippen LogP contribution in [0.25, 0.3) is 0 Å². The Balaban J connectivity index is 1.47. The van der Waals surface area contributed by atoms with E-state index in [0.717, 1.165) is 37.6 Å². The molecule has 7 nitrogen and oxygen atoms in total. The van der Waals surface area contributed by atoms with Crippen molar-refractivity contribution in [3.63, 3.8) is 0 Å². The van der Waals surface area contributed by atoms with Gasteiger partial charge in [-0.3, -0.25) is 9.69 Å². The second kappa shape index (κ2) is 8.02. The Morgan fingerprint density at radius 2 is 2.00 bits per heavy atom. The number of carbonyl (C=O) groups is 1. The second-order valence-electron chi connectivity index (χ2n) is 6.73. The maximum absolute atomic E-state index is 12.2. The number of amides is 1. The van der Waals surface area contributed by atoms with E-state index in [9.17, 15) is 13.2 Å². The molecule has 0 spiro atoms. The first-order valence-corrected chi connectivity index (χ1v) is 10.9. The highest BCUT2D eigenvalue weighted by Gasteiger charge is 2.37. The molecule has 1 aromatic carbocycles. The highest BCUT2D eigenvalue weighted by molar-refractivity contribution is 7.91. The molecule has 2 atom stereocenters. The number of sulfone groups is 1. The van der Waals surface area contributed by atoms with E-state index in [4.69, 9.17) is 16.3 Å². The number of benzene rings is 1. The van der Waals surface area contributed by atoms with Crippen LogP contribution in [0.3, 0.4) is 0 Å². The zero-order valence-corrected chi connectivity index (χ0v) is 16.3. The molecule has 2 aliphatic rings. The van der Waals surface area contributed by atoms with E-state index in [-0.39, 0.29) is 24.0 Å². The third kappa shape index (κ3) is 4.81. The Labute approximate surface area is 159 Å². The van der Waals surface area contributed by atoms with Crippen LogP contribution in [-0.4, -0.2) is 82.0 Å². The number of nitrogens with zero attached hydrogens (tertiary/aromatic N) is 2. The summed E-state index contributed by atoms with van der Waals surface area (Å²) < 4.78 is 28.4. The van der Waals surface area contributed by atoms with Crippen molar-refractivity contribution in [1.82, 2.24) is 10.2 Å². The number of hydrogen-bond donors (Lipinski definition) is 1. The fourth-order valence-corrected chi connectivity index (χ4v) is 5.91. The number of carbonyl (C=O) groups excluding carboxylic acids is 1. The van der Waals surface area contributed by atoms with Crippen molar-refractivity contribution >= 4 is 33.0 Å². The van der Waals surface area contributed by atoms with Crippen molar-refractivity contribution in [3.8, 4) is 5.75 Å². The highest BCUT2D eigenvalue weighted by atomic mass is 35.5. The Morgan fingerprint density at radius 3 is 2.62 bits per heavy atom. The molecule has 2 heterocycles. The fraction of sp³-hybridized carbons (Fsp3) is 0.588. The van der Waals surface area contributed by atoms with Gasteiger partial charge in [-0.1, -0.05) is 6.07 Å². The molecular formula is C17H24ClN3O4S. The number of piperazine rings is 1. The van der Waals surface area contributed by atoms with Gasteiger partial charge in [0.15, 0.2) is 9.84 Å². The lowest BCUT2D eigenvalue weighted by Gasteiger charge is -2.36. The van der Waals surface area contributed by atoms with Gasteiger partial charge in [0, 0.05) is 37.9 Å². The summed E-state index contributed by atoms with van der Waals surface area (Å²) in [6.45, 7) is 3.41. The van der Waals surface area contributed by atoms with E-state index in [1.807, 2.05) is 24.3 Å². The van der Waals surface area contributed by atoms with E-state index in [1.54, 1.807) is 7.11 Å². The Morgan fingerprint density at radius 1 is 1.27 bits per heavy atom. The van der Waals surface area contributed by atoms with Gasteiger partial charge in [0.1, 0.15) is 5.75 Å². The van der Waals surface area contributed by atoms with Crippen molar-refractivity contribution in [3.05, 3.63) is 24.3 Å². The van der Waals surface area contributed by atoms with Gasteiger partial charge in [-0.05, 0) is 12.1 Å². The minimum atomic E-state index is -3.14. The number of methoxy groups -OCH3 is 1. The minimum Gasteiger partial charge on any atom is -0.497 e. The predicted octanol–water partition coefficient (Wildman–Crippen LogP) is 0.338. The second-order valence-corrected chi connectivity index (χ2v) is 9.45. The molecule has 0 aromatic heterocycles. The van der Waals surface area contributed by atoms with Crippen LogP contribution in [0.15, 0.2) is 24.3 Å². The molecule has 3 rings (SSSR count). The van der Waals surface area contributed by atoms with Crippen LogP contribution in [0.5, 0.6) is 5.75 Å². The van der Waals surface area contributed by atoms with E-state index < -0.39 is 21.3 Å². The summed E-state index contributed by atoms with van der Waals surface area (Å²) in [5.74, 6) is 0.508. The van der Waals surface area contributed by atoms with Crippen LogP contribution in [0.1, 0.15) is 0 Å². The molecular weight excluding hydrogens is 378 g/mol. The first-order valence-electron chi connectivity index (χ1n) is 8.61. The van der Waals surface area contributed by atoms with Crippen molar-refractivity contribution in [2.75, 3.05) is 56.2 Å². The summed E-state index contributed by atoms with van der Waals surface area (Å²) in [5, 5.41) is 2.22. The molecule has 1 amide bonds. The molecule has 2 saturated heterocycles. The van der Waals surface area contributed by atoms with Gasteiger partial charge in [0.25, 0.3) is 0 Å². The maximum Gasteiger partial charge on any atom is 0.234 e. The Hall–Kier alpha value is -1.51. The lowest BCUT2D eigenvalue weighted by Crippen LogP contribution is -2.51. The van der Waals surface area contributed by atoms with Gasteiger partial charge in [-0.2, -0.15) is 0 Å². The molecule has 0 saturated carbocycles. The van der Waals surface area contributed by atoms with Crippen LogP contribution in [0, 0.1) is 0 Å². The molecule has 9 heteroatoms. The summed E-state index contributed by atoms with van der Waals surface area (Å²) in [6.07, 6.45) is 0. The van der Waals surface area contributed by atoms with E-state index in [2.05, 4.69) is 15.1 Å². The SMILES string of the molecule is COc1cccc(N2CCN(CC(=O)N[C@@H]3CS(=O)(=O)C[C@H]3Cl)CC2)c1. The first-order chi connectivity index (χ1) is 12.4. The average Bonchev–Trinajstić information content (AvgIpc) is 2.87. The summed E-state index contributed by atoms with van der Waals surface area (Å²) in [5.41, 5.74) is 1.11. The highest BCUT2D eigenvalue weighted by Crippen LogP contribution is 2.22. The molecule has 0 aliphatic carbocycles. The van der Waals surface area contributed by atoms with E-state index in [0.29, 0.717) is 0 Å². The Kier molecular flexibility index (Phi) is 5.94. The zero-order valence-electron chi connectivity index (χ0n) is 14.7. The van der Waals surface area contributed by atoms with Crippen molar-refractivity contribution in [1.29, 1.82) is 0 Å². The number of alkyl halides is 1. The van der Waals surface area contributed by atoms with Crippen LogP contribution >= 0.6 is 11.6 Å². The van der Waals surface area contributed by atoms with Gasteiger partial charge >= 0.3 is 0 Å². The third-order valence-corrected chi connectivity index (χ3v) is 7.16. The topological polar surface area (TPSA) is 79.0 Å². The number of nitrogens with one attached hydrogen (secondary N) is 1. The number of ether oxygens (including phenoxy) is 1. The van der Waals surface area contributed by atoms with Crippen LogP contribution in [-0.2, 0) is 14.6 Å². The summed E-state index contributed by atoms with van der Waals surface area (Å²) in [4.78, 5) is 16.5. The molecule has 0 radical (unpaired) electrons. The molecule has 1 aromatic rings. The number of anilines is 1. The molecule has 2 aliphatic heterocycles. The zero-order chi connectivity index (χ0) is 18.7.